The summed E-state index contributed by atoms with van der Waals surface area (Å²) in [5.41, 5.74) is 4.68. The number of nitrogens with zero attached hydrogens (tertiary/aromatic N) is 1. The molecule has 2 aromatic rings. The number of benzene rings is 2. The molecule has 1 saturated heterocycles. The Balaban J connectivity index is 1.36. The van der Waals surface area contributed by atoms with Gasteiger partial charge in [-0.3, -0.25) is 4.90 Å². The van der Waals surface area contributed by atoms with Crippen LogP contribution in [-0.4, -0.2) is 41.3 Å². The molecule has 1 saturated carbocycles. The molecule has 0 radical (unpaired) electrons. The third-order valence-corrected chi connectivity index (χ3v) is 6.32. The lowest BCUT2D eigenvalue weighted by Gasteiger charge is -2.22. The largest absolute Gasteiger partial charge is 0.480 e. The van der Waals surface area contributed by atoms with Crippen molar-refractivity contribution in [1.29, 1.82) is 0 Å². The zero-order valence-corrected chi connectivity index (χ0v) is 14.9. The van der Waals surface area contributed by atoms with E-state index in [2.05, 4.69) is 24.3 Å². The van der Waals surface area contributed by atoms with Crippen LogP contribution in [0.25, 0.3) is 11.1 Å². The number of fused-ring (bicyclic) bond motifs is 3. The minimum Gasteiger partial charge on any atom is -0.480 e. The zero-order chi connectivity index (χ0) is 18.6. The van der Waals surface area contributed by atoms with Gasteiger partial charge in [-0.05, 0) is 46.9 Å². The van der Waals surface area contributed by atoms with Crippen LogP contribution in [-0.2, 0) is 9.53 Å². The highest BCUT2D eigenvalue weighted by Crippen LogP contribution is 2.55. The Bertz CT molecular complexity index is 888. The van der Waals surface area contributed by atoms with Gasteiger partial charge in [0.25, 0.3) is 0 Å². The van der Waals surface area contributed by atoms with Crippen LogP contribution in [0, 0.1) is 5.41 Å². The number of carbonyl (C=O) groups excluding carboxylic acids is 1. The van der Waals surface area contributed by atoms with E-state index in [1.54, 1.807) is 0 Å². The molecule has 2 aliphatic carbocycles. The van der Waals surface area contributed by atoms with Crippen molar-refractivity contribution in [2.75, 3.05) is 13.2 Å². The molecule has 0 unspecified atom stereocenters. The van der Waals surface area contributed by atoms with Crippen molar-refractivity contribution in [2.45, 2.75) is 31.2 Å². The highest BCUT2D eigenvalue weighted by Gasteiger charge is 2.55. The molecule has 0 aromatic heterocycles. The van der Waals surface area contributed by atoms with Gasteiger partial charge in [0.2, 0.25) is 0 Å². The number of ether oxygens (including phenoxy) is 1. The standard InChI is InChI=1S/C22H21NO4/c24-20(25)19-11-22(9-10-22)13-23(19)21(26)27-12-18-16-7-3-1-5-14(16)15-6-2-4-8-17(15)18/h1-8,18-19H,9-13H2,(H,24,25)/t19-/m0/s1. The first-order valence-electron chi connectivity index (χ1n) is 9.42. The van der Waals surface area contributed by atoms with Gasteiger partial charge in [-0.25, -0.2) is 9.59 Å². The SMILES string of the molecule is O=C(O)[C@@H]1CC2(CC2)CN1C(=O)OCC1c2ccccc2-c2ccccc21. The van der Waals surface area contributed by atoms with Crippen LogP contribution >= 0.6 is 0 Å². The summed E-state index contributed by atoms with van der Waals surface area (Å²) < 4.78 is 5.65. The Morgan fingerprint density at radius 3 is 2.19 bits per heavy atom. The first kappa shape index (κ1) is 16.4. The fourth-order valence-electron chi connectivity index (χ4n) is 4.68. The molecule has 2 fully saturated rings. The van der Waals surface area contributed by atoms with Gasteiger partial charge in [-0.1, -0.05) is 48.5 Å². The van der Waals surface area contributed by atoms with Crippen LogP contribution in [0.15, 0.2) is 48.5 Å². The molecule has 1 heterocycles. The summed E-state index contributed by atoms with van der Waals surface area (Å²) in [6.45, 7) is 0.726. The van der Waals surface area contributed by atoms with Gasteiger partial charge in [-0.2, -0.15) is 0 Å². The van der Waals surface area contributed by atoms with E-state index in [9.17, 15) is 14.7 Å². The van der Waals surface area contributed by atoms with Crippen molar-refractivity contribution in [3.8, 4) is 11.1 Å². The molecule has 1 atom stereocenters. The summed E-state index contributed by atoms with van der Waals surface area (Å²) in [5.74, 6) is -0.950. The minimum atomic E-state index is -0.938. The van der Waals surface area contributed by atoms with Crippen molar-refractivity contribution >= 4 is 12.1 Å². The first-order chi connectivity index (χ1) is 13.1. The second kappa shape index (κ2) is 5.84. The van der Waals surface area contributed by atoms with E-state index in [1.807, 2.05) is 24.3 Å². The fourth-order valence-corrected chi connectivity index (χ4v) is 4.68. The summed E-state index contributed by atoms with van der Waals surface area (Å²) in [4.78, 5) is 25.7. The number of amides is 1. The van der Waals surface area contributed by atoms with E-state index >= 15 is 0 Å². The van der Waals surface area contributed by atoms with Gasteiger partial charge < -0.3 is 9.84 Å². The summed E-state index contributed by atoms with van der Waals surface area (Å²) in [6, 6.07) is 15.6. The fraction of sp³-hybridized carbons (Fsp3) is 0.364. The average molecular weight is 363 g/mol. The Kier molecular flexibility index (Phi) is 3.54. The Morgan fingerprint density at radius 1 is 1.04 bits per heavy atom. The third kappa shape index (κ3) is 2.60. The maximum atomic E-state index is 12.7. The smallest absolute Gasteiger partial charge is 0.410 e. The van der Waals surface area contributed by atoms with Crippen molar-refractivity contribution in [1.82, 2.24) is 4.90 Å². The topological polar surface area (TPSA) is 66.8 Å². The van der Waals surface area contributed by atoms with Gasteiger partial charge in [0.15, 0.2) is 0 Å². The number of rotatable bonds is 3. The second-order valence-electron chi connectivity index (χ2n) is 7.99. The highest BCUT2D eigenvalue weighted by molar-refractivity contribution is 5.82. The van der Waals surface area contributed by atoms with E-state index in [4.69, 9.17) is 4.74 Å². The normalized spacial score (nSPS) is 21.8. The molecule has 5 rings (SSSR count). The van der Waals surface area contributed by atoms with E-state index in [1.165, 1.54) is 16.0 Å². The molecule has 3 aliphatic rings. The number of carboxylic acids is 1. The second-order valence-corrected chi connectivity index (χ2v) is 7.99. The molecular weight excluding hydrogens is 342 g/mol. The summed E-state index contributed by atoms with van der Waals surface area (Å²) in [5, 5.41) is 9.48. The molecule has 5 nitrogen and oxygen atoms in total. The number of carbonyl (C=O) groups is 2. The lowest BCUT2D eigenvalue weighted by atomic mass is 9.98. The lowest BCUT2D eigenvalue weighted by Crippen LogP contribution is -2.41. The highest BCUT2D eigenvalue weighted by atomic mass is 16.6. The number of hydrogen-bond donors (Lipinski definition) is 1. The van der Waals surface area contributed by atoms with Crippen LogP contribution in [0.2, 0.25) is 0 Å². The van der Waals surface area contributed by atoms with E-state index in [0.717, 1.165) is 24.0 Å². The van der Waals surface area contributed by atoms with Gasteiger partial charge >= 0.3 is 12.1 Å². The van der Waals surface area contributed by atoms with E-state index < -0.39 is 18.1 Å². The quantitative estimate of drug-likeness (QED) is 0.899. The molecule has 1 spiro atoms. The van der Waals surface area contributed by atoms with Gasteiger partial charge in [-0.15, -0.1) is 0 Å². The maximum absolute atomic E-state index is 12.7. The summed E-state index contributed by atoms with van der Waals surface area (Å²) in [6.07, 6.45) is 2.05. The Hall–Kier alpha value is -2.82. The van der Waals surface area contributed by atoms with Crippen LogP contribution in [0.4, 0.5) is 4.79 Å². The predicted octanol–water partition coefficient (Wildman–Crippen LogP) is 3.87. The molecular formula is C22H21NO4. The zero-order valence-electron chi connectivity index (χ0n) is 14.9. The maximum Gasteiger partial charge on any atom is 0.410 e. The van der Waals surface area contributed by atoms with Crippen molar-refractivity contribution < 1.29 is 19.4 Å². The Morgan fingerprint density at radius 2 is 1.63 bits per heavy atom. The van der Waals surface area contributed by atoms with Crippen molar-refractivity contribution in [3.63, 3.8) is 0 Å². The van der Waals surface area contributed by atoms with Crippen LogP contribution in [0.1, 0.15) is 36.3 Å². The molecule has 1 amide bonds. The van der Waals surface area contributed by atoms with Crippen LogP contribution < -0.4 is 0 Å². The third-order valence-electron chi connectivity index (χ3n) is 6.32. The molecule has 1 aliphatic heterocycles. The van der Waals surface area contributed by atoms with E-state index in [-0.39, 0.29) is 17.9 Å². The first-order valence-corrected chi connectivity index (χ1v) is 9.42. The molecule has 27 heavy (non-hydrogen) atoms. The van der Waals surface area contributed by atoms with Crippen LogP contribution in [0.5, 0.6) is 0 Å². The summed E-state index contributed by atoms with van der Waals surface area (Å²) in [7, 11) is 0. The molecule has 2 aromatic carbocycles. The monoisotopic (exact) mass is 363 g/mol. The summed E-state index contributed by atoms with van der Waals surface area (Å²) >= 11 is 0. The molecule has 0 bridgehead atoms. The van der Waals surface area contributed by atoms with Crippen molar-refractivity contribution in [3.05, 3.63) is 59.7 Å². The number of aliphatic carboxylic acids is 1. The number of likely N-dealkylation sites (tertiary alicyclic amines) is 1. The van der Waals surface area contributed by atoms with Gasteiger partial charge in [0.05, 0.1) is 0 Å². The predicted molar refractivity (Wildman–Crippen MR) is 99.5 cm³/mol. The Labute approximate surface area is 157 Å². The van der Waals surface area contributed by atoms with E-state index in [0.29, 0.717) is 13.0 Å². The number of carboxylic acid groups (broad SMARTS) is 1. The lowest BCUT2D eigenvalue weighted by molar-refractivity contribution is -0.141. The van der Waals surface area contributed by atoms with Crippen LogP contribution in [0.3, 0.4) is 0 Å². The molecule has 5 heteroatoms. The average Bonchev–Trinajstić information content (AvgIpc) is 3.20. The van der Waals surface area contributed by atoms with Crippen molar-refractivity contribution in [2.24, 2.45) is 5.41 Å². The number of hydrogen-bond acceptors (Lipinski definition) is 3. The van der Waals surface area contributed by atoms with Gasteiger partial charge in [0.1, 0.15) is 12.6 Å². The minimum absolute atomic E-state index is 0.0119. The molecule has 138 valence electrons. The molecule has 1 N–H and O–H groups in total. The van der Waals surface area contributed by atoms with Gasteiger partial charge in [0, 0.05) is 12.5 Å².